The number of ether oxygens (including phenoxy) is 2. The van der Waals surface area contributed by atoms with Gasteiger partial charge in [0.1, 0.15) is 11.5 Å². The number of aryl methyl sites for hydroxylation is 1. The zero-order valence-electron chi connectivity index (χ0n) is 19.0. The largest absolute Gasteiger partial charge is 0.496 e. The Labute approximate surface area is 196 Å². The summed E-state index contributed by atoms with van der Waals surface area (Å²) in [5.74, 6) is 3.08. The molecule has 1 heterocycles. The quantitative estimate of drug-likeness (QED) is 0.452. The Hall–Kier alpha value is -2.24. The SMILES string of the molecule is CCN(CCCCOc1ccc2c(c1)NC(=O)CC2)CC1CC1c1cc(Cl)ccc1OC. The van der Waals surface area contributed by atoms with Crippen LogP contribution in [0.3, 0.4) is 0 Å². The van der Waals surface area contributed by atoms with Crippen molar-refractivity contribution in [2.75, 3.05) is 38.7 Å². The number of hydrogen-bond acceptors (Lipinski definition) is 4. The highest BCUT2D eigenvalue weighted by atomic mass is 35.5. The van der Waals surface area contributed by atoms with Crippen molar-refractivity contribution in [2.45, 2.75) is 44.9 Å². The summed E-state index contributed by atoms with van der Waals surface area (Å²) in [7, 11) is 1.73. The van der Waals surface area contributed by atoms with Crippen LogP contribution in [0.15, 0.2) is 36.4 Å². The van der Waals surface area contributed by atoms with Crippen molar-refractivity contribution < 1.29 is 14.3 Å². The highest BCUT2D eigenvalue weighted by Gasteiger charge is 2.40. The van der Waals surface area contributed by atoms with Gasteiger partial charge in [-0.15, -0.1) is 0 Å². The highest BCUT2D eigenvalue weighted by Crippen LogP contribution is 2.51. The van der Waals surface area contributed by atoms with E-state index in [2.05, 4.69) is 29.3 Å². The van der Waals surface area contributed by atoms with Crippen molar-refractivity contribution in [3.8, 4) is 11.5 Å². The van der Waals surface area contributed by atoms with E-state index in [1.807, 2.05) is 24.3 Å². The van der Waals surface area contributed by atoms with Crippen LogP contribution < -0.4 is 14.8 Å². The maximum absolute atomic E-state index is 11.6. The molecule has 2 aromatic rings. The van der Waals surface area contributed by atoms with Gasteiger partial charge in [0.2, 0.25) is 5.91 Å². The lowest BCUT2D eigenvalue weighted by atomic mass is 10.0. The summed E-state index contributed by atoms with van der Waals surface area (Å²) in [6, 6.07) is 11.9. The topological polar surface area (TPSA) is 50.8 Å². The number of rotatable bonds is 11. The summed E-state index contributed by atoms with van der Waals surface area (Å²) in [5, 5.41) is 3.71. The molecule has 1 N–H and O–H groups in total. The summed E-state index contributed by atoms with van der Waals surface area (Å²) in [6.45, 7) is 6.17. The second-order valence-corrected chi connectivity index (χ2v) is 9.24. The molecule has 32 heavy (non-hydrogen) atoms. The Morgan fingerprint density at radius 1 is 1.16 bits per heavy atom. The van der Waals surface area contributed by atoms with Gasteiger partial charge >= 0.3 is 0 Å². The van der Waals surface area contributed by atoms with Gasteiger partial charge < -0.3 is 19.7 Å². The Bertz CT molecular complexity index is 949. The second kappa shape index (κ2) is 10.6. The lowest BCUT2D eigenvalue weighted by Gasteiger charge is -2.21. The number of carbonyl (C=O) groups is 1. The summed E-state index contributed by atoms with van der Waals surface area (Å²) in [5.41, 5.74) is 3.33. The van der Waals surface area contributed by atoms with E-state index in [4.69, 9.17) is 21.1 Å². The van der Waals surface area contributed by atoms with Crippen LogP contribution in [0, 0.1) is 5.92 Å². The van der Waals surface area contributed by atoms with Crippen molar-refractivity contribution in [1.82, 2.24) is 4.90 Å². The Kier molecular flexibility index (Phi) is 7.59. The third-order valence-electron chi connectivity index (χ3n) is 6.57. The van der Waals surface area contributed by atoms with Crippen molar-refractivity contribution in [1.29, 1.82) is 0 Å². The van der Waals surface area contributed by atoms with E-state index in [9.17, 15) is 4.79 Å². The van der Waals surface area contributed by atoms with Crippen molar-refractivity contribution in [3.05, 3.63) is 52.5 Å². The zero-order valence-corrected chi connectivity index (χ0v) is 19.8. The maximum atomic E-state index is 11.6. The summed E-state index contributed by atoms with van der Waals surface area (Å²) in [6.07, 6.45) is 4.68. The van der Waals surface area contributed by atoms with Crippen LogP contribution in [0.25, 0.3) is 0 Å². The third-order valence-corrected chi connectivity index (χ3v) is 6.80. The molecule has 1 aliphatic heterocycles. The summed E-state index contributed by atoms with van der Waals surface area (Å²) < 4.78 is 11.5. The third kappa shape index (κ3) is 5.76. The van der Waals surface area contributed by atoms with Gasteiger partial charge in [-0.3, -0.25) is 4.79 Å². The number of fused-ring (bicyclic) bond motifs is 1. The number of hydrogen-bond donors (Lipinski definition) is 1. The number of amides is 1. The van der Waals surface area contributed by atoms with E-state index in [-0.39, 0.29) is 5.91 Å². The molecule has 1 amide bonds. The molecule has 2 aliphatic rings. The van der Waals surface area contributed by atoms with E-state index in [0.717, 1.165) is 61.1 Å². The number of methoxy groups -OCH3 is 1. The van der Waals surface area contributed by atoms with Crippen LogP contribution in [0.1, 0.15) is 49.7 Å². The molecular formula is C26H33ClN2O3. The summed E-state index contributed by atoms with van der Waals surface area (Å²) in [4.78, 5) is 14.1. The Morgan fingerprint density at radius 2 is 2.03 bits per heavy atom. The smallest absolute Gasteiger partial charge is 0.224 e. The minimum atomic E-state index is 0.0843. The van der Waals surface area contributed by atoms with E-state index in [0.29, 0.717) is 24.9 Å². The van der Waals surface area contributed by atoms with Crippen molar-refractivity contribution >= 4 is 23.2 Å². The number of nitrogens with zero attached hydrogens (tertiary/aromatic N) is 1. The molecule has 172 valence electrons. The number of nitrogens with one attached hydrogen (secondary N) is 1. The molecule has 2 aromatic carbocycles. The number of benzene rings is 2. The first-order valence-corrected chi connectivity index (χ1v) is 12.1. The predicted molar refractivity (Wildman–Crippen MR) is 129 cm³/mol. The molecule has 0 saturated heterocycles. The number of halogens is 1. The molecule has 2 unspecified atom stereocenters. The lowest BCUT2D eigenvalue weighted by molar-refractivity contribution is -0.116. The molecule has 0 bridgehead atoms. The van der Waals surface area contributed by atoms with E-state index >= 15 is 0 Å². The van der Waals surface area contributed by atoms with Crippen LogP contribution in [0.4, 0.5) is 5.69 Å². The van der Waals surface area contributed by atoms with Crippen LogP contribution in [0.2, 0.25) is 5.02 Å². The Balaban J connectivity index is 1.18. The van der Waals surface area contributed by atoms with Crippen LogP contribution in [0.5, 0.6) is 11.5 Å². The van der Waals surface area contributed by atoms with Crippen LogP contribution >= 0.6 is 11.6 Å². The molecule has 1 fully saturated rings. The average Bonchev–Trinajstić information content (AvgIpc) is 3.56. The standard InChI is InChI=1S/C26H33ClN2O3/c1-3-29(17-19-14-22(19)23-15-20(27)8-10-25(23)31-2)12-4-5-13-32-21-9-6-18-7-11-26(30)28-24(18)16-21/h6,8-10,15-16,19,22H,3-5,7,11-14,17H2,1-2H3,(H,28,30). The van der Waals surface area contributed by atoms with Crippen molar-refractivity contribution in [3.63, 3.8) is 0 Å². The van der Waals surface area contributed by atoms with Crippen molar-refractivity contribution in [2.24, 2.45) is 5.92 Å². The maximum Gasteiger partial charge on any atom is 0.224 e. The van der Waals surface area contributed by atoms with Gasteiger partial charge in [-0.2, -0.15) is 0 Å². The molecule has 0 radical (unpaired) electrons. The zero-order chi connectivity index (χ0) is 22.5. The molecule has 4 rings (SSSR count). The van der Waals surface area contributed by atoms with Crippen LogP contribution in [-0.4, -0.2) is 44.2 Å². The number of unbranched alkanes of at least 4 members (excludes halogenated alkanes) is 1. The fourth-order valence-corrected chi connectivity index (χ4v) is 4.78. The first-order valence-electron chi connectivity index (χ1n) is 11.7. The predicted octanol–water partition coefficient (Wildman–Crippen LogP) is 5.52. The molecule has 0 aromatic heterocycles. The molecule has 0 spiro atoms. The minimum absolute atomic E-state index is 0.0843. The van der Waals surface area contributed by atoms with Gasteiger partial charge in [0.25, 0.3) is 0 Å². The van der Waals surface area contributed by atoms with Gasteiger partial charge in [0.15, 0.2) is 0 Å². The normalized spacial score (nSPS) is 19.4. The fourth-order valence-electron chi connectivity index (χ4n) is 4.60. The molecule has 2 atom stereocenters. The molecular weight excluding hydrogens is 424 g/mol. The molecule has 5 nitrogen and oxygen atoms in total. The first kappa shape index (κ1) is 22.9. The molecule has 1 saturated carbocycles. The highest BCUT2D eigenvalue weighted by molar-refractivity contribution is 6.30. The van der Waals surface area contributed by atoms with Gasteiger partial charge in [-0.25, -0.2) is 0 Å². The van der Waals surface area contributed by atoms with Gasteiger partial charge in [0.05, 0.1) is 13.7 Å². The summed E-state index contributed by atoms with van der Waals surface area (Å²) >= 11 is 6.21. The van der Waals surface area contributed by atoms with Crippen LogP contribution in [-0.2, 0) is 11.2 Å². The van der Waals surface area contributed by atoms with Gasteiger partial charge in [0, 0.05) is 29.7 Å². The van der Waals surface area contributed by atoms with Gasteiger partial charge in [-0.1, -0.05) is 24.6 Å². The van der Waals surface area contributed by atoms with E-state index < -0.39 is 0 Å². The number of anilines is 1. The minimum Gasteiger partial charge on any atom is -0.496 e. The fraction of sp³-hybridized carbons (Fsp3) is 0.500. The average molecular weight is 457 g/mol. The second-order valence-electron chi connectivity index (χ2n) is 8.80. The lowest BCUT2D eigenvalue weighted by Crippen LogP contribution is -2.27. The van der Waals surface area contributed by atoms with E-state index in [1.54, 1.807) is 7.11 Å². The first-order chi connectivity index (χ1) is 15.6. The number of carbonyl (C=O) groups excluding carboxylic acids is 1. The molecule has 6 heteroatoms. The van der Waals surface area contributed by atoms with Gasteiger partial charge in [-0.05, 0) is 86.0 Å². The monoisotopic (exact) mass is 456 g/mol. The molecule has 1 aliphatic carbocycles. The Morgan fingerprint density at radius 3 is 2.84 bits per heavy atom. The van der Waals surface area contributed by atoms with E-state index in [1.165, 1.54) is 17.5 Å².